The molecule has 18 heavy (non-hydrogen) atoms. The van der Waals surface area contributed by atoms with Crippen LogP contribution in [-0.2, 0) is 0 Å². The van der Waals surface area contributed by atoms with Gasteiger partial charge in [-0.25, -0.2) is 0 Å². The molecule has 3 nitrogen and oxygen atoms in total. The van der Waals surface area contributed by atoms with Crippen LogP contribution < -0.4 is 5.32 Å². The Morgan fingerprint density at radius 1 is 1.11 bits per heavy atom. The van der Waals surface area contributed by atoms with Crippen LogP contribution >= 0.6 is 0 Å². The van der Waals surface area contributed by atoms with Gasteiger partial charge in [-0.05, 0) is 77.8 Å². The van der Waals surface area contributed by atoms with Crippen LogP contribution in [-0.4, -0.2) is 62.2 Å². The highest BCUT2D eigenvalue weighted by molar-refractivity contribution is 4.80. The van der Waals surface area contributed by atoms with Gasteiger partial charge in [0.15, 0.2) is 0 Å². The van der Waals surface area contributed by atoms with Crippen LogP contribution in [0.5, 0.6) is 0 Å². The minimum Gasteiger partial charge on any atom is -0.317 e. The summed E-state index contributed by atoms with van der Waals surface area (Å²) in [6.45, 7) is 9.99. The Balaban J connectivity index is 1.68. The van der Waals surface area contributed by atoms with Gasteiger partial charge in [-0.15, -0.1) is 0 Å². The smallest absolute Gasteiger partial charge is 0.0117 e. The molecule has 2 fully saturated rings. The van der Waals surface area contributed by atoms with Crippen molar-refractivity contribution >= 4 is 0 Å². The number of rotatable bonds is 5. The zero-order valence-electron chi connectivity index (χ0n) is 12.3. The van der Waals surface area contributed by atoms with Crippen molar-refractivity contribution in [3.63, 3.8) is 0 Å². The molecule has 0 unspecified atom stereocenters. The number of likely N-dealkylation sites (tertiary alicyclic amines) is 1. The first-order chi connectivity index (χ1) is 8.79. The molecule has 0 amide bonds. The summed E-state index contributed by atoms with van der Waals surface area (Å²) in [6.07, 6.45) is 6.80. The van der Waals surface area contributed by atoms with Crippen molar-refractivity contribution in [1.82, 2.24) is 15.1 Å². The van der Waals surface area contributed by atoms with Gasteiger partial charge in [0.1, 0.15) is 0 Å². The van der Waals surface area contributed by atoms with Gasteiger partial charge in [-0.2, -0.15) is 0 Å². The zero-order chi connectivity index (χ0) is 12.8. The number of nitrogens with zero attached hydrogens (tertiary/aromatic N) is 2. The monoisotopic (exact) mass is 253 g/mol. The first-order valence-electron chi connectivity index (χ1n) is 7.93. The van der Waals surface area contributed by atoms with Gasteiger partial charge in [0.25, 0.3) is 0 Å². The molecule has 0 atom stereocenters. The van der Waals surface area contributed by atoms with E-state index < -0.39 is 0 Å². The summed E-state index contributed by atoms with van der Waals surface area (Å²) in [7, 11) is 2.35. The highest BCUT2D eigenvalue weighted by atomic mass is 15.2. The number of hydrogen-bond donors (Lipinski definition) is 1. The molecule has 2 rings (SSSR count). The molecule has 2 aliphatic rings. The van der Waals surface area contributed by atoms with Gasteiger partial charge < -0.3 is 15.1 Å². The fraction of sp³-hybridized carbons (Fsp3) is 1.00. The first-order valence-corrected chi connectivity index (χ1v) is 7.93. The Morgan fingerprint density at radius 3 is 2.39 bits per heavy atom. The van der Waals surface area contributed by atoms with Gasteiger partial charge >= 0.3 is 0 Å². The third kappa shape index (κ3) is 4.22. The van der Waals surface area contributed by atoms with Crippen LogP contribution in [0.25, 0.3) is 0 Å². The lowest BCUT2D eigenvalue weighted by atomic mass is 9.95. The van der Waals surface area contributed by atoms with E-state index in [0.717, 1.165) is 12.0 Å². The highest BCUT2D eigenvalue weighted by Gasteiger charge is 2.24. The van der Waals surface area contributed by atoms with Crippen molar-refractivity contribution in [2.45, 2.75) is 45.1 Å². The molecule has 2 aliphatic heterocycles. The molecule has 106 valence electrons. The average Bonchev–Trinajstić information content (AvgIpc) is 2.41. The second-order valence-electron chi connectivity index (χ2n) is 6.21. The van der Waals surface area contributed by atoms with Crippen molar-refractivity contribution < 1.29 is 0 Å². The van der Waals surface area contributed by atoms with Crippen LogP contribution in [0.15, 0.2) is 0 Å². The quantitative estimate of drug-likeness (QED) is 0.806. The standard InChI is InChI=1S/C15H31N3/c1-3-10-18-11-6-15(7-12-18)17(2)13-14-4-8-16-9-5-14/h14-16H,3-13H2,1-2H3. The molecule has 0 aliphatic carbocycles. The minimum atomic E-state index is 0.841. The predicted octanol–water partition coefficient (Wildman–Crippen LogP) is 1.79. The summed E-state index contributed by atoms with van der Waals surface area (Å²) in [6, 6.07) is 0.841. The molecule has 3 heteroatoms. The van der Waals surface area contributed by atoms with Crippen LogP contribution in [0.3, 0.4) is 0 Å². The van der Waals surface area contributed by atoms with Crippen molar-refractivity contribution in [2.75, 3.05) is 46.3 Å². The Bertz CT molecular complexity index is 218. The summed E-state index contributed by atoms with van der Waals surface area (Å²) in [4.78, 5) is 5.29. The number of hydrogen-bond acceptors (Lipinski definition) is 3. The molecule has 2 heterocycles. The maximum atomic E-state index is 3.46. The molecule has 1 N–H and O–H groups in total. The van der Waals surface area contributed by atoms with Gasteiger partial charge in [0.05, 0.1) is 0 Å². The van der Waals surface area contributed by atoms with E-state index in [4.69, 9.17) is 0 Å². The third-order valence-electron chi connectivity index (χ3n) is 4.73. The van der Waals surface area contributed by atoms with E-state index in [2.05, 4.69) is 29.1 Å². The average molecular weight is 253 g/mol. The summed E-state index contributed by atoms with van der Waals surface area (Å²) >= 11 is 0. The van der Waals surface area contributed by atoms with Crippen molar-refractivity contribution in [1.29, 1.82) is 0 Å². The summed E-state index contributed by atoms with van der Waals surface area (Å²) in [5.74, 6) is 0.935. The third-order valence-corrected chi connectivity index (χ3v) is 4.73. The highest BCUT2D eigenvalue weighted by Crippen LogP contribution is 2.19. The van der Waals surface area contributed by atoms with Crippen LogP contribution in [0.2, 0.25) is 0 Å². The zero-order valence-corrected chi connectivity index (χ0v) is 12.3. The summed E-state index contributed by atoms with van der Waals surface area (Å²) in [5.41, 5.74) is 0. The summed E-state index contributed by atoms with van der Waals surface area (Å²) in [5, 5.41) is 3.46. The molecule has 0 aromatic rings. The minimum absolute atomic E-state index is 0.841. The fourth-order valence-corrected chi connectivity index (χ4v) is 3.52. The second kappa shape index (κ2) is 7.46. The Hall–Kier alpha value is -0.120. The largest absolute Gasteiger partial charge is 0.317 e. The van der Waals surface area contributed by atoms with Crippen molar-refractivity contribution in [2.24, 2.45) is 5.92 Å². The summed E-state index contributed by atoms with van der Waals surface area (Å²) < 4.78 is 0. The van der Waals surface area contributed by atoms with Gasteiger partial charge in [-0.1, -0.05) is 6.92 Å². The second-order valence-corrected chi connectivity index (χ2v) is 6.21. The van der Waals surface area contributed by atoms with Crippen LogP contribution in [0.4, 0.5) is 0 Å². The lowest BCUT2D eigenvalue weighted by Crippen LogP contribution is -2.45. The number of nitrogens with one attached hydrogen (secondary N) is 1. The van der Waals surface area contributed by atoms with Crippen LogP contribution in [0.1, 0.15) is 39.0 Å². The van der Waals surface area contributed by atoms with Crippen molar-refractivity contribution in [3.05, 3.63) is 0 Å². The lowest BCUT2D eigenvalue weighted by molar-refractivity contribution is 0.110. The van der Waals surface area contributed by atoms with E-state index in [1.54, 1.807) is 0 Å². The van der Waals surface area contributed by atoms with E-state index in [1.807, 2.05) is 0 Å². The van der Waals surface area contributed by atoms with Crippen molar-refractivity contribution in [3.8, 4) is 0 Å². The Morgan fingerprint density at radius 2 is 1.78 bits per heavy atom. The lowest BCUT2D eigenvalue weighted by Gasteiger charge is -2.38. The molecule has 0 radical (unpaired) electrons. The van der Waals surface area contributed by atoms with Crippen LogP contribution in [0, 0.1) is 5.92 Å². The normalized spacial score (nSPS) is 24.8. The molecule has 0 saturated carbocycles. The molecule has 0 bridgehead atoms. The van der Waals surface area contributed by atoms with Gasteiger partial charge in [0, 0.05) is 12.6 Å². The van der Waals surface area contributed by atoms with Gasteiger partial charge in [-0.3, -0.25) is 0 Å². The topological polar surface area (TPSA) is 18.5 Å². The predicted molar refractivity (Wildman–Crippen MR) is 78.0 cm³/mol. The SMILES string of the molecule is CCCN1CCC(N(C)CC2CCNCC2)CC1. The number of piperidine rings is 2. The molecule has 0 aromatic carbocycles. The molecule has 0 spiro atoms. The molecular weight excluding hydrogens is 222 g/mol. The maximum Gasteiger partial charge on any atom is 0.0117 e. The molecule has 2 saturated heterocycles. The molecular formula is C15H31N3. The fourth-order valence-electron chi connectivity index (χ4n) is 3.52. The molecule has 0 aromatic heterocycles. The maximum absolute atomic E-state index is 3.46. The van der Waals surface area contributed by atoms with Gasteiger partial charge in [0.2, 0.25) is 0 Å². The van der Waals surface area contributed by atoms with E-state index in [0.29, 0.717) is 0 Å². The first kappa shape index (κ1) is 14.3. The van der Waals surface area contributed by atoms with E-state index in [9.17, 15) is 0 Å². The Kier molecular flexibility index (Phi) is 5.93. The van der Waals surface area contributed by atoms with E-state index >= 15 is 0 Å². The van der Waals surface area contributed by atoms with E-state index in [-0.39, 0.29) is 0 Å². The van der Waals surface area contributed by atoms with E-state index in [1.165, 1.54) is 71.4 Å². The Labute approximate surface area is 113 Å².